The van der Waals surface area contributed by atoms with Gasteiger partial charge in [-0.1, -0.05) is 32.0 Å². The van der Waals surface area contributed by atoms with Crippen LogP contribution in [0.15, 0.2) is 30.3 Å². The third-order valence-corrected chi connectivity index (χ3v) is 6.21. The van der Waals surface area contributed by atoms with Crippen molar-refractivity contribution in [3.8, 4) is 0 Å². The number of carbonyl (C=O) groups excluding carboxylic acids is 2. The van der Waals surface area contributed by atoms with Crippen molar-refractivity contribution in [3.63, 3.8) is 0 Å². The van der Waals surface area contributed by atoms with Crippen molar-refractivity contribution in [2.75, 3.05) is 18.1 Å². The number of aliphatic hydroxyl groups is 2. The molecule has 0 saturated heterocycles. The normalized spacial score (nSPS) is 14.5. The number of rotatable bonds is 11. The van der Waals surface area contributed by atoms with Gasteiger partial charge in [0.1, 0.15) is 18.8 Å². The number of hydrogen-bond donors (Lipinski definition) is 3. The van der Waals surface area contributed by atoms with Gasteiger partial charge >= 0.3 is 5.97 Å². The number of hydrogen-bond acceptors (Lipinski definition) is 7. The SMILES string of the molecule is CCSC(SCC)[C@H](NC(C)=O)[C@H](O)[C@H](O)COC(=O)c1ccccc1. The maximum Gasteiger partial charge on any atom is 0.338 e. The smallest absolute Gasteiger partial charge is 0.338 e. The Balaban J connectivity index is 2.73. The lowest BCUT2D eigenvalue weighted by atomic mass is 10.1. The number of carbonyl (C=O) groups is 2. The van der Waals surface area contributed by atoms with Crippen LogP contribution in [0.2, 0.25) is 0 Å². The molecule has 0 aliphatic heterocycles. The first kappa shape index (κ1) is 22.8. The summed E-state index contributed by atoms with van der Waals surface area (Å²) < 4.78 is 4.97. The van der Waals surface area contributed by atoms with Crippen molar-refractivity contribution < 1.29 is 24.5 Å². The van der Waals surface area contributed by atoms with Gasteiger partial charge in [-0.15, -0.1) is 23.5 Å². The maximum atomic E-state index is 12.0. The number of ether oxygens (including phenoxy) is 1. The summed E-state index contributed by atoms with van der Waals surface area (Å²) in [6.07, 6.45) is -2.57. The average Bonchev–Trinajstić information content (AvgIpc) is 2.63. The van der Waals surface area contributed by atoms with Crippen molar-refractivity contribution in [1.82, 2.24) is 5.32 Å². The first-order valence-electron chi connectivity index (χ1n) is 8.49. The molecule has 3 N–H and O–H groups in total. The second-order valence-corrected chi connectivity index (χ2v) is 8.66. The Hall–Kier alpha value is -1.22. The lowest BCUT2D eigenvalue weighted by Gasteiger charge is -2.32. The molecule has 146 valence electrons. The zero-order valence-corrected chi connectivity index (χ0v) is 16.9. The topological polar surface area (TPSA) is 95.9 Å². The molecule has 8 heteroatoms. The van der Waals surface area contributed by atoms with Crippen LogP contribution in [0, 0.1) is 0 Å². The number of thioether (sulfide) groups is 2. The minimum atomic E-state index is -1.31. The third kappa shape index (κ3) is 7.57. The number of benzene rings is 1. The van der Waals surface area contributed by atoms with E-state index in [1.807, 2.05) is 13.8 Å². The summed E-state index contributed by atoms with van der Waals surface area (Å²) in [6.45, 7) is 4.99. The molecule has 1 rings (SSSR count). The van der Waals surface area contributed by atoms with Crippen molar-refractivity contribution >= 4 is 35.4 Å². The molecule has 0 spiro atoms. The minimum absolute atomic E-state index is 0.122. The molecule has 0 bridgehead atoms. The standard InChI is InChI=1S/C18H27NO5S2/c1-4-25-18(26-5-2)15(19-12(3)20)16(22)14(21)11-24-17(23)13-9-7-6-8-10-13/h6-10,14-16,18,21-22H,4-5,11H2,1-3H3,(H,19,20)/t14-,15-,16-/m1/s1. The van der Waals surface area contributed by atoms with Crippen LogP contribution in [-0.4, -0.2) is 63.0 Å². The van der Waals surface area contributed by atoms with E-state index >= 15 is 0 Å². The van der Waals surface area contributed by atoms with Gasteiger partial charge in [0.25, 0.3) is 0 Å². The fourth-order valence-electron chi connectivity index (χ4n) is 2.29. The highest BCUT2D eigenvalue weighted by atomic mass is 32.2. The zero-order valence-electron chi connectivity index (χ0n) is 15.3. The van der Waals surface area contributed by atoms with Crippen molar-refractivity contribution in [3.05, 3.63) is 35.9 Å². The summed E-state index contributed by atoms with van der Waals surface area (Å²) in [5.41, 5.74) is 0.369. The van der Waals surface area contributed by atoms with Gasteiger partial charge in [0.05, 0.1) is 16.2 Å². The fourth-order valence-corrected chi connectivity index (χ4v) is 5.02. The van der Waals surface area contributed by atoms with E-state index in [-0.39, 0.29) is 17.1 Å². The number of aliphatic hydroxyl groups excluding tert-OH is 2. The van der Waals surface area contributed by atoms with E-state index in [2.05, 4.69) is 5.32 Å². The number of nitrogens with one attached hydrogen (secondary N) is 1. The zero-order chi connectivity index (χ0) is 19.5. The Morgan fingerprint density at radius 3 is 2.19 bits per heavy atom. The predicted octanol–water partition coefficient (Wildman–Crippen LogP) is 1.90. The average molecular weight is 402 g/mol. The lowest BCUT2D eigenvalue weighted by molar-refractivity contribution is -0.121. The fraction of sp³-hybridized carbons (Fsp3) is 0.556. The molecule has 0 radical (unpaired) electrons. The summed E-state index contributed by atoms with van der Waals surface area (Å²) in [5.74, 6) is 0.746. The summed E-state index contributed by atoms with van der Waals surface area (Å²) in [6, 6.07) is 7.76. The van der Waals surface area contributed by atoms with Gasteiger partial charge in [-0.2, -0.15) is 0 Å². The molecule has 1 aromatic carbocycles. The predicted molar refractivity (Wildman–Crippen MR) is 106 cm³/mol. The second kappa shape index (κ2) is 12.2. The Labute approximate surface area is 163 Å². The minimum Gasteiger partial charge on any atom is -0.459 e. The molecule has 0 aliphatic rings. The monoisotopic (exact) mass is 401 g/mol. The van der Waals surface area contributed by atoms with Crippen molar-refractivity contribution in [2.45, 2.75) is 43.6 Å². The van der Waals surface area contributed by atoms with Crippen LogP contribution >= 0.6 is 23.5 Å². The summed E-state index contributed by atoms with van der Waals surface area (Å²) >= 11 is 3.17. The van der Waals surface area contributed by atoms with E-state index in [0.29, 0.717) is 5.56 Å². The molecular formula is C18H27NO5S2. The Morgan fingerprint density at radius 1 is 1.12 bits per heavy atom. The van der Waals surface area contributed by atoms with Gasteiger partial charge in [-0.05, 0) is 23.6 Å². The molecular weight excluding hydrogens is 374 g/mol. The largest absolute Gasteiger partial charge is 0.459 e. The molecule has 0 unspecified atom stereocenters. The van der Waals surface area contributed by atoms with Crippen LogP contribution in [-0.2, 0) is 9.53 Å². The second-order valence-electron chi connectivity index (χ2n) is 5.53. The van der Waals surface area contributed by atoms with Gasteiger partial charge in [-0.25, -0.2) is 4.79 Å². The van der Waals surface area contributed by atoms with Gasteiger partial charge < -0.3 is 20.3 Å². The molecule has 26 heavy (non-hydrogen) atoms. The van der Waals surface area contributed by atoms with Crippen LogP contribution in [0.5, 0.6) is 0 Å². The van der Waals surface area contributed by atoms with Crippen LogP contribution in [0.25, 0.3) is 0 Å². The van der Waals surface area contributed by atoms with Crippen molar-refractivity contribution in [2.24, 2.45) is 0 Å². The summed E-state index contributed by atoms with van der Waals surface area (Å²) in [7, 11) is 0. The first-order chi connectivity index (χ1) is 12.4. The highest BCUT2D eigenvalue weighted by molar-refractivity contribution is 8.17. The van der Waals surface area contributed by atoms with E-state index in [9.17, 15) is 19.8 Å². The third-order valence-electron chi connectivity index (χ3n) is 3.48. The molecule has 0 fully saturated rings. The van der Waals surface area contributed by atoms with Gasteiger partial charge in [0.2, 0.25) is 5.91 Å². The maximum absolute atomic E-state index is 12.0. The van der Waals surface area contributed by atoms with E-state index in [0.717, 1.165) is 11.5 Å². The van der Waals surface area contributed by atoms with Crippen LogP contribution in [0.1, 0.15) is 31.1 Å². The highest BCUT2D eigenvalue weighted by Crippen LogP contribution is 2.29. The van der Waals surface area contributed by atoms with Crippen LogP contribution in [0.4, 0.5) is 0 Å². The number of esters is 1. The lowest BCUT2D eigenvalue weighted by Crippen LogP contribution is -2.53. The Kier molecular flexibility index (Phi) is 10.7. The molecule has 0 heterocycles. The van der Waals surface area contributed by atoms with Gasteiger partial charge in [0, 0.05) is 6.92 Å². The molecule has 1 amide bonds. The number of amides is 1. The van der Waals surface area contributed by atoms with E-state index in [1.54, 1.807) is 53.9 Å². The molecule has 3 atom stereocenters. The molecule has 0 aromatic heterocycles. The molecule has 1 aromatic rings. The van der Waals surface area contributed by atoms with Crippen LogP contribution < -0.4 is 5.32 Å². The van der Waals surface area contributed by atoms with Crippen molar-refractivity contribution in [1.29, 1.82) is 0 Å². The molecule has 0 saturated carbocycles. The van der Waals surface area contributed by atoms with Crippen LogP contribution in [0.3, 0.4) is 0 Å². The van der Waals surface area contributed by atoms with E-state index in [1.165, 1.54) is 6.92 Å². The Bertz CT molecular complexity index is 552. The summed E-state index contributed by atoms with van der Waals surface area (Å²) in [5, 5.41) is 23.6. The first-order valence-corrected chi connectivity index (χ1v) is 10.6. The van der Waals surface area contributed by atoms with E-state index in [4.69, 9.17) is 4.74 Å². The molecule has 6 nitrogen and oxygen atoms in total. The van der Waals surface area contributed by atoms with E-state index < -0.39 is 24.2 Å². The summed E-state index contributed by atoms with van der Waals surface area (Å²) in [4.78, 5) is 23.5. The quantitative estimate of drug-likeness (QED) is 0.385. The van der Waals surface area contributed by atoms with Gasteiger partial charge in [-0.3, -0.25) is 4.79 Å². The highest BCUT2D eigenvalue weighted by Gasteiger charge is 2.34. The molecule has 0 aliphatic carbocycles. The Morgan fingerprint density at radius 2 is 1.69 bits per heavy atom. The van der Waals surface area contributed by atoms with Gasteiger partial charge in [0.15, 0.2) is 0 Å².